The lowest BCUT2D eigenvalue weighted by Gasteiger charge is -2.42. The number of pyridine rings is 1. The first-order valence-electron chi connectivity index (χ1n) is 9.54. The lowest BCUT2D eigenvalue weighted by Crippen LogP contribution is -2.59. The Balaban J connectivity index is 1.74. The van der Waals surface area contributed by atoms with Crippen LogP contribution in [-0.2, 0) is 15.7 Å². The molecule has 3 rings (SSSR count). The van der Waals surface area contributed by atoms with Crippen molar-refractivity contribution in [3.63, 3.8) is 0 Å². The van der Waals surface area contributed by atoms with Crippen LogP contribution in [0.15, 0.2) is 12.1 Å². The van der Waals surface area contributed by atoms with Crippen molar-refractivity contribution in [2.45, 2.75) is 70.1 Å². The number of amides is 2. The fourth-order valence-electron chi connectivity index (χ4n) is 3.80. The summed E-state index contributed by atoms with van der Waals surface area (Å²) in [4.78, 5) is 30.2. The molecule has 0 aromatic carbocycles. The minimum atomic E-state index is -4.61. The van der Waals surface area contributed by atoms with Gasteiger partial charge in [0.15, 0.2) is 0 Å². The predicted octanol–water partition coefficient (Wildman–Crippen LogP) is 3.63. The van der Waals surface area contributed by atoms with E-state index < -0.39 is 35.3 Å². The van der Waals surface area contributed by atoms with Crippen molar-refractivity contribution >= 4 is 23.6 Å². The van der Waals surface area contributed by atoms with Gasteiger partial charge in [0.2, 0.25) is 5.91 Å². The van der Waals surface area contributed by atoms with Crippen molar-refractivity contribution in [3.8, 4) is 0 Å². The molecule has 166 valence electrons. The van der Waals surface area contributed by atoms with Gasteiger partial charge in [-0.2, -0.15) is 13.2 Å². The number of carbonyl (C=O) groups excluding carboxylic acids is 2. The number of hydrogen-bond acceptors (Lipinski definition) is 5. The second-order valence-corrected chi connectivity index (χ2v) is 9.04. The van der Waals surface area contributed by atoms with Gasteiger partial charge in [0.05, 0.1) is 0 Å². The molecule has 1 aromatic heterocycles. The van der Waals surface area contributed by atoms with Crippen molar-refractivity contribution < 1.29 is 27.5 Å². The van der Waals surface area contributed by atoms with E-state index in [1.807, 2.05) is 6.92 Å². The lowest BCUT2D eigenvalue weighted by molar-refractivity contribution is -0.141. The third-order valence-corrected chi connectivity index (χ3v) is 5.50. The van der Waals surface area contributed by atoms with Crippen LogP contribution in [0.2, 0.25) is 5.15 Å². The summed E-state index contributed by atoms with van der Waals surface area (Å²) >= 11 is 5.97. The maximum atomic E-state index is 12.8. The first-order valence-corrected chi connectivity index (χ1v) is 9.92. The van der Waals surface area contributed by atoms with Crippen molar-refractivity contribution in [2.24, 2.45) is 0 Å². The van der Waals surface area contributed by atoms with Gasteiger partial charge in [-0.3, -0.25) is 10.1 Å². The quantitative estimate of drug-likeness (QED) is 0.641. The SMILES string of the molecule is C[C@H]1C[C@@]2(CCN1C(=O)OC(C)(C)C)NC(c1ccc(C(F)(F)F)nc1Cl)NC2=O. The van der Waals surface area contributed by atoms with Crippen molar-refractivity contribution in [2.75, 3.05) is 6.54 Å². The number of carbonyl (C=O) groups is 2. The fourth-order valence-corrected chi connectivity index (χ4v) is 4.06. The Labute approximate surface area is 177 Å². The standard InChI is InChI=1S/C19H24ClF3N4O3/c1-10-9-18(7-8-27(10)16(29)30-17(2,3)4)15(28)25-14(26-18)11-5-6-12(19(21,22)23)24-13(11)20/h5-6,10,14,26H,7-9H2,1-4H3,(H,25,28)/t10-,14?,18+/m0/s1. The molecule has 2 saturated heterocycles. The number of rotatable bonds is 1. The average molecular weight is 449 g/mol. The van der Waals surface area contributed by atoms with Crippen molar-refractivity contribution in [3.05, 3.63) is 28.5 Å². The Hall–Kier alpha value is -2.07. The van der Waals surface area contributed by atoms with Crippen LogP contribution in [0.1, 0.15) is 58.0 Å². The van der Waals surface area contributed by atoms with Gasteiger partial charge in [0, 0.05) is 18.2 Å². The van der Waals surface area contributed by atoms with E-state index in [9.17, 15) is 22.8 Å². The molecule has 3 atom stereocenters. The number of piperidine rings is 1. The van der Waals surface area contributed by atoms with Crippen LogP contribution in [0.25, 0.3) is 0 Å². The summed E-state index contributed by atoms with van der Waals surface area (Å²) in [5.74, 6) is -0.292. The fraction of sp³-hybridized carbons (Fsp3) is 0.632. The highest BCUT2D eigenvalue weighted by molar-refractivity contribution is 6.30. The first kappa shape index (κ1) is 22.6. The topological polar surface area (TPSA) is 83.6 Å². The molecule has 2 aliphatic heterocycles. The molecule has 7 nitrogen and oxygen atoms in total. The van der Waals surface area contributed by atoms with Crippen LogP contribution in [0.5, 0.6) is 0 Å². The largest absolute Gasteiger partial charge is 0.444 e. The number of nitrogens with zero attached hydrogens (tertiary/aromatic N) is 2. The van der Waals surface area contributed by atoms with E-state index in [-0.39, 0.29) is 22.7 Å². The number of ether oxygens (including phenoxy) is 1. The molecule has 30 heavy (non-hydrogen) atoms. The molecule has 11 heteroatoms. The molecular formula is C19H24ClF3N4O3. The molecule has 0 radical (unpaired) electrons. The Morgan fingerprint density at radius 3 is 2.53 bits per heavy atom. The van der Waals surface area contributed by atoms with E-state index in [1.54, 1.807) is 25.7 Å². The molecule has 2 fully saturated rings. The summed E-state index contributed by atoms with van der Waals surface area (Å²) in [6.07, 6.45) is -5.19. The molecular weight excluding hydrogens is 425 g/mol. The van der Waals surface area contributed by atoms with Crippen LogP contribution in [0.3, 0.4) is 0 Å². The van der Waals surface area contributed by atoms with Gasteiger partial charge >= 0.3 is 12.3 Å². The smallest absolute Gasteiger partial charge is 0.433 e. The summed E-state index contributed by atoms with van der Waals surface area (Å²) in [6, 6.07) is 1.74. The Bertz CT molecular complexity index is 858. The highest BCUT2D eigenvalue weighted by Crippen LogP contribution is 2.37. The predicted molar refractivity (Wildman–Crippen MR) is 103 cm³/mol. The molecule has 0 bridgehead atoms. The maximum Gasteiger partial charge on any atom is 0.433 e. The van der Waals surface area contributed by atoms with Gasteiger partial charge in [0.1, 0.15) is 28.2 Å². The second kappa shape index (κ2) is 7.56. The Morgan fingerprint density at radius 1 is 1.33 bits per heavy atom. The Morgan fingerprint density at radius 2 is 2.00 bits per heavy atom. The highest BCUT2D eigenvalue weighted by atomic mass is 35.5. The van der Waals surface area contributed by atoms with E-state index >= 15 is 0 Å². The highest BCUT2D eigenvalue weighted by Gasteiger charge is 2.51. The third-order valence-electron chi connectivity index (χ3n) is 5.19. The molecule has 1 aromatic rings. The summed E-state index contributed by atoms with van der Waals surface area (Å²) < 4.78 is 43.9. The van der Waals surface area contributed by atoms with Crippen LogP contribution in [-0.4, -0.2) is 45.6 Å². The summed E-state index contributed by atoms with van der Waals surface area (Å²) in [7, 11) is 0. The van der Waals surface area contributed by atoms with Crippen molar-refractivity contribution in [1.82, 2.24) is 20.5 Å². The summed E-state index contributed by atoms with van der Waals surface area (Å²) in [5, 5.41) is 5.57. The minimum Gasteiger partial charge on any atom is -0.444 e. The monoisotopic (exact) mass is 448 g/mol. The van der Waals surface area contributed by atoms with Gasteiger partial charge in [-0.05, 0) is 46.6 Å². The maximum absolute atomic E-state index is 12.8. The zero-order valence-corrected chi connectivity index (χ0v) is 17.8. The van der Waals surface area contributed by atoms with Crippen molar-refractivity contribution in [1.29, 1.82) is 0 Å². The normalized spacial score (nSPS) is 27.3. The molecule has 0 saturated carbocycles. The van der Waals surface area contributed by atoms with Crippen LogP contribution in [0, 0.1) is 0 Å². The summed E-state index contributed by atoms with van der Waals surface area (Å²) in [6.45, 7) is 7.44. The molecule has 2 aliphatic rings. The van der Waals surface area contributed by atoms with E-state index in [4.69, 9.17) is 16.3 Å². The number of hydrogen-bond donors (Lipinski definition) is 2. The average Bonchev–Trinajstić information content (AvgIpc) is 2.88. The lowest BCUT2D eigenvalue weighted by atomic mass is 9.84. The van der Waals surface area contributed by atoms with Gasteiger partial charge < -0.3 is 15.0 Å². The second-order valence-electron chi connectivity index (χ2n) is 8.68. The number of halogens is 4. The molecule has 1 spiro atoms. The van der Waals surface area contributed by atoms with E-state index in [0.717, 1.165) is 6.07 Å². The van der Waals surface area contributed by atoms with E-state index in [0.29, 0.717) is 19.4 Å². The van der Waals surface area contributed by atoms with Crippen LogP contribution in [0.4, 0.5) is 18.0 Å². The van der Waals surface area contributed by atoms with Gasteiger partial charge in [-0.15, -0.1) is 0 Å². The van der Waals surface area contributed by atoms with Crippen LogP contribution >= 0.6 is 11.6 Å². The zero-order chi connectivity index (χ0) is 22.5. The third kappa shape index (κ3) is 4.49. The minimum absolute atomic E-state index is 0.247. The Kier molecular flexibility index (Phi) is 5.70. The van der Waals surface area contributed by atoms with Gasteiger partial charge in [0.25, 0.3) is 0 Å². The number of nitrogens with one attached hydrogen (secondary N) is 2. The molecule has 3 heterocycles. The number of aromatic nitrogens is 1. The van der Waals surface area contributed by atoms with E-state index in [1.165, 1.54) is 6.07 Å². The first-order chi connectivity index (χ1) is 13.7. The van der Waals surface area contributed by atoms with Gasteiger partial charge in [-0.25, -0.2) is 9.78 Å². The zero-order valence-electron chi connectivity index (χ0n) is 17.1. The summed E-state index contributed by atoms with van der Waals surface area (Å²) in [5.41, 5.74) is -2.45. The number of likely N-dealkylation sites (tertiary alicyclic amines) is 1. The molecule has 2 amide bonds. The van der Waals surface area contributed by atoms with E-state index in [2.05, 4.69) is 15.6 Å². The van der Waals surface area contributed by atoms with Gasteiger partial charge in [-0.1, -0.05) is 17.7 Å². The molecule has 0 aliphatic carbocycles. The molecule has 1 unspecified atom stereocenters. The molecule has 2 N–H and O–H groups in total. The van der Waals surface area contributed by atoms with Crippen LogP contribution < -0.4 is 10.6 Å². The number of alkyl halides is 3.